The number of piperidine rings is 1. The number of likely N-dealkylation sites (tertiary alicyclic amines) is 1. The fourth-order valence-corrected chi connectivity index (χ4v) is 3.97. The fraction of sp³-hybridized carbons (Fsp3) is 0.364. The predicted molar refractivity (Wildman–Crippen MR) is 117 cm³/mol. The molecule has 4 nitrogen and oxygen atoms in total. The second-order valence-corrected chi connectivity index (χ2v) is 8.29. The summed E-state index contributed by atoms with van der Waals surface area (Å²) in [6.45, 7) is 5.00. The van der Waals surface area contributed by atoms with E-state index in [0.717, 1.165) is 24.4 Å². The number of hydrogen-bond donors (Lipinski definition) is 1. The molecule has 28 heavy (non-hydrogen) atoms. The molecule has 0 aliphatic carbocycles. The summed E-state index contributed by atoms with van der Waals surface area (Å²) in [4.78, 5) is 2.33. The van der Waals surface area contributed by atoms with Crippen LogP contribution in [-0.2, 0) is 12.3 Å². The van der Waals surface area contributed by atoms with Gasteiger partial charge in [0.1, 0.15) is 5.82 Å². The highest BCUT2D eigenvalue weighted by Crippen LogP contribution is 2.19. The number of hydrogen-bond acceptors (Lipinski definition) is 4. The highest BCUT2D eigenvalue weighted by atomic mass is 32.2. The molecule has 3 rings (SSSR count). The van der Waals surface area contributed by atoms with E-state index in [0.29, 0.717) is 23.2 Å². The molecule has 1 atom stereocenters. The summed E-state index contributed by atoms with van der Waals surface area (Å²) in [7, 11) is 0. The quantitative estimate of drug-likeness (QED) is 0.438. The number of amidine groups is 1. The van der Waals surface area contributed by atoms with Crippen LogP contribution in [-0.4, -0.2) is 29.4 Å². The summed E-state index contributed by atoms with van der Waals surface area (Å²) in [5, 5.41) is 8.36. The summed E-state index contributed by atoms with van der Waals surface area (Å²) in [6.07, 6.45) is 3.99. The Bertz CT molecular complexity index is 823. The third kappa shape index (κ3) is 6.46. The van der Waals surface area contributed by atoms with Crippen molar-refractivity contribution in [2.75, 3.05) is 13.1 Å². The van der Waals surface area contributed by atoms with E-state index in [4.69, 9.17) is 5.73 Å². The lowest BCUT2D eigenvalue weighted by molar-refractivity contribution is 0.175. The first-order valence-corrected chi connectivity index (χ1v) is 10.6. The Balaban J connectivity index is 1.53. The maximum Gasteiger partial charge on any atom is 0.180 e. The molecule has 148 valence electrons. The first-order chi connectivity index (χ1) is 13.6. The van der Waals surface area contributed by atoms with Crippen molar-refractivity contribution in [2.24, 2.45) is 21.9 Å². The van der Waals surface area contributed by atoms with Crippen LogP contribution in [0, 0.1) is 11.7 Å². The SMILES string of the molecule is CC1CCCN(Cc2ccc(C=NN=C(N)SCc3ccccc3)cc2F)C1. The van der Waals surface area contributed by atoms with Crippen molar-refractivity contribution < 1.29 is 4.39 Å². The number of nitrogens with zero attached hydrogens (tertiary/aromatic N) is 3. The lowest BCUT2D eigenvalue weighted by Gasteiger charge is -2.30. The van der Waals surface area contributed by atoms with Crippen molar-refractivity contribution >= 4 is 23.1 Å². The third-order valence-electron chi connectivity index (χ3n) is 4.80. The van der Waals surface area contributed by atoms with Crippen LogP contribution in [0.3, 0.4) is 0 Å². The topological polar surface area (TPSA) is 54.0 Å². The first kappa shape index (κ1) is 20.6. The molecule has 1 saturated heterocycles. The smallest absolute Gasteiger partial charge is 0.180 e. The van der Waals surface area contributed by atoms with Gasteiger partial charge in [-0.2, -0.15) is 5.10 Å². The zero-order chi connectivity index (χ0) is 19.8. The van der Waals surface area contributed by atoms with Gasteiger partial charge in [0.2, 0.25) is 0 Å². The summed E-state index contributed by atoms with van der Waals surface area (Å²) >= 11 is 1.42. The van der Waals surface area contributed by atoms with E-state index in [1.54, 1.807) is 0 Å². The van der Waals surface area contributed by atoms with Gasteiger partial charge in [0, 0.05) is 24.4 Å². The molecular weight excluding hydrogens is 371 g/mol. The van der Waals surface area contributed by atoms with E-state index in [9.17, 15) is 4.39 Å². The van der Waals surface area contributed by atoms with Gasteiger partial charge >= 0.3 is 0 Å². The molecule has 1 heterocycles. The van der Waals surface area contributed by atoms with Gasteiger partial charge in [-0.1, -0.05) is 61.2 Å². The van der Waals surface area contributed by atoms with Gasteiger partial charge in [0.25, 0.3) is 0 Å². The Labute approximate surface area is 170 Å². The predicted octanol–water partition coefficient (Wildman–Crippen LogP) is 4.64. The van der Waals surface area contributed by atoms with E-state index in [1.165, 1.54) is 42.4 Å². The fourth-order valence-electron chi connectivity index (χ4n) is 3.36. The molecule has 6 heteroatoms. The van der Waals surface area contributed by atoms with E-state index in [2.05, 4.69) is 22.0 Å². The van der Waals surface area contributed by atoms with Crippen molar-refractivity contribution in [3.63, 3.8) is 0 Å². The van der Waals surface area contributed by atoms with Gasteiger partial charge in [-0.3, -0.25) is 4.90 Å². The Morgan fingerprint density at radius 3 is 2.86 bits per heavy atom. The minimum atomic E-state index is -0.197. The number of benzene rings is 2. The Morgan fingerprint density at radius 2 is 2.11 bits per heavy atom. The first-order valence-electron chi connectivity index (χ1n) is 9.64. The van der Waals surface area contributed by atoms with Gasteiger partial charge in [0.15, 0.2) is 5.17 Å². The second-order valence-electron chi connectivity index (χ2n) is 7.29. The van der Waals surface area contributed by atoms with Crippen LogP contribution >= 0.6 is 11.8 Å². The molecule has 2 N–H and O–H groups in total. The highest BCUT2D eigenvalue weighted by molar-refractivity contribution is 8.13. The van der Waals surface area contributed by atoms with E-state index in [1.807, 2.05) is 42.5 Å². The lowest BCUT2D eigenvalue weighted by Crippen LogP contribution is -2.33. The van der Waals surface area contributed by atoms with Crippen molar-refractivity contribution in [1.29, 1.82) is 0 Å². The molecule has 0 amide bonds. The van der Waals surface area contributed by atoms with Crippen molar-refractivity contribution in [3.8, 4) is 0 Å². The largest absolute Gasteiger partial charge is 0.377 e. The Kier molecular flexibility index (Phi) is 7.62. The third-order valence-corrected chi connectivity index (χ3v) is 5.66. The van der Waals surface area contributed by atoms with Crippen LogP contribution in [0.1, 0.15) is 36.5 Å². The second kappa shape index (κ2) is 10.4. The standard InChI is InChI=1S/C22H27FN4S/c1-17-6-5-11-27(14-17)15-20-10-9-19(12-21(20)23)13-25-26-22(24)28-16-18-7-3-2-4-8-18/h2-4,7-10,12-13,17H,5-6,11,14-16H2,1H3,(H2,24,26). The average Bonchev–Trinajstić information content (AvgIpc) is 2.69. The maximum absolute atomic E-state index is 14.4. The summed E-state index contributed by atoms with van der Waals surface area (Å²) in [5.74, 6) is 1.23. The van der Waals surface area contributed by atoms with Crippen LogP contribution < -0.4 is 5.73 Å². The van der Waals surface area contributed by atoms with Crippen molar-refractivity contribution in [3.05, 3.63) is 71.0 Å². The highest BCUT2D eigenvalue weighted by Gasteiger charge is 2.17. The normalized spacial score (nSPS) is 18.6. The Hall–Kier alpha value is -2.18. The molecule has 0 spiro atoms. The molecule has 0 saturated carbocycles. The van der Waals surface area contributed by atoms with Gasteiger partial charge in [-0.05, 0) is 42.5 Å². The van der Waals surface area contributed by atoms with Crippen LogP contribution in [0.2, 0.25) is 0 Å². The van der Waals surface area contributed by atoms with Crippen LogP contribution in [0.5, 0.6) is 0 Å². The summed E-state index contributed by atoms with van der Waals surface area (Å²) in [5.41, 5.74) is 8.46. The van der Waals surface area contributed by atoms with Gasteiger partial charge < -0.3 is 5.73 Å². The average molecular weight is 399 g/mol. The molecule has 1 aliphatic heterocycles. The number of nitrogens with two attached hydrogens (primary N) is 1. The molecule has 1 unspecified atom stereocenters. The van der Waals surface area contributed by atoms with Gasteiger partial charge in [-0.15, -0.1) is 5.10 Å². The molecule has 0 radical (unpaired) electrons. The maximum atomic E-state index is 14.4. The van der Waals surface area contributed by atoms with E-state index >= 15 is 0 Å². The molecule has 0 aromatic heterocycles. The monoisotopic (exact) mass is 398 g/mol. The molecule has 0 bridgehead atoms. The van der Waals surface area contributed by atoms with Gasteiger partial charge in [-0.25, -0.2) is 4.39 Å². The molecule has 1 aliphatic rings. The van der Waals surface area contributed by atoms with Gasteiger partial charge in [0.05, 0.1) is 6.21 Å². The van der Waals surface area contributed by atoms with E-state index in [-0.39, 0.29) is 5.82 Å². The zero-order valence-corrected chi connectivity index (χ0v) is 17.0. The molecule has 1 fully saturated rings. The minimum Gasteiger partial charge on any atom is -0.377 e. The number of thioether (sulfide) groups is 1. The van der Waals surface area contributed by atoms with Crippen molar-refractivity contribution in [2.45, 2.75) is 32.1 Å². The lowest BCUT2D eigenvalue weighted by atomic mass is 9.99. The van der Waals surface area contributed by atoms with Crippen LogP contribution in [0.4, 0.5) is 4.39 Å². The Morgan fingerprint density at radius 1 is 1.29 bits per heavy atom. The molecular formula is C22H27FN4S. The van der Waals surface area contributed by atoms with E-state index < -0.39 is 0 Å². The zero-order valence-electron chi connectivity index (χ0n) is 16.2. The number of rotatable bonds is 6. The molecule has 2 aromatic carbocycles. The van der Waals surface area contributed by atoms with Crippen LogP contribution in [0.15, 0.2) is 58.7 Å². The van der Waals surface area contributed by atoms with Crippen molar-refractivity contribution in [1.82, 2.24) is 4.90 Å². The summed E-state index contributed by atoms with van der Waals surface area (Å²) in [6, 6.07) is 15.3. The molecule has 2 aromatic rings. The van der Waals surface area contributed by atoms with Crippen LogP contribution in [0.25, 0.3) is 0 Å². The minimum absolute atomic E-state index is 0.197. The number of halogens is 1. The summed E-state index contributed by atoms with van der Waals surface area (Å²) < 4.78 is 14.4.